The lowest BCUT2D eigenvalue weighted by Gasteiger charge is -2.31. The third-order valence-electron chi connectivity index (χ3n) is 4.35. The number of carbonyl (C=O) groups is 1. The second-order valence-corrected chi connectivity index (χ2v) is 6.48. The first-order valence-electron chi connectivity index (χ1n) is 8.70. The van der Waals surface area contributed by atoms with Crippen molar-refractivity contribution in [2.75, 3.05) is 26.3 Å². The topological polar surface area (TPSA) is 75.6 Å². The van der Waals surface area contributed by atoms with Crippen LogP contribution in [0.5, 0.6) is 0 Å². The maximum Gasteiger partial charge on any atom is 0.419 e. The van der Waals surface area contributed by atoms with Gasteiger partial charge in [-0.25, -0.2) is 9.97 Å². The van der Waals surface area contributed by atoms with Gasteiger partial charge in [0.2, 0.25) is 5.91 Å². The van der Waals surface area contributed by atoms with E-state index >= 15 is 0 Å². The molecule has 2 rings (SSSR count). The molecule has 0 radical (unpaired) electrons. The molecule has 0 spiro atoms. The summed E-state index contributed by atoms with van der Waals surface area (Å²) in [6.07, 6.45) is -1.17. The number of carbonyl (C=O) groups excluding carboxylic acids is 1. The van der Waals surface area contributed by atoms with Crippen LogP contribution in [0.15, 0.2) is 12.4 Å². The van der Waals surface area contributed by atoms with Crippen LogP contribution in [0.25, 0.3) is 0 Å². The predicted molar refractivity (Wildman–Crippen MR) is 87.3 cm³/mol. The van der Waals surface area contributed by atoms with E-state index in [9.17, 15) is 18.0 Å². The molecule has 1 aliphatic rings. The zero-order valence-corrected chi connectivity index (χ0v) is 14.7. The largest absolute Gasteiger partial charge is 0.419 e. The Kier molecular flexibility index (Phi) is 7.33. The lowest BCUT2D eigenvalue weighted by atomic mass is 9.95. The second-order valence-electron chi connectivity index (χ2n) is 6.48. The average Bonchev–Trinajstić information content (AvgIpc) is 2.60. The minimum Gasteiger partial charge on any atom is -0.393 e. The molecule has 1 saturated heterocycles. The number of hydrogen-bond donors (Lipinski definition) is 1. The van der Waals surface area contributed by atoms with Gasteiger partial charge in [-0.2, -0.15) is 13.2 Å². The molecule has 2 heterocycles. The van der Waals surface area contributed by atoms with Gasteiger partial charge in [-0.15, -0.1) is 0 Å². The molecule has 1 atom stereocenters. The van der Waals surface area contributed by atoms with Crippen molar-refractivity contribution in [3.05, 3.63) is 23.8 Å². The van der Waals surface area contributed by atoms with Gasteiger partial charge in [0.1, 0.15) is 5.82 Å². The molecule has 1 N–H and O–H groups in total. The molecule has 0 unspecified atom stereocenters. The smallest absolute Gasteiger partial charge is 0.393 e. The van der Waals surface area contributed by atoms with Crippen LogP contribution >= 0.6 is 0 Å². The van der Waals surface area contributed by atoms with Crippen LogP contribution in [0.3, 0.4) is 0 Å². The molecule has 0 aromatic carbocycles. The standard InChI is InChI=1S/C17H24F3N3O3/c1-12(24)4-8-26-9-5-15(25)23-6-2-13(3-7-23)16-21-10-14(11-22-16)17(18,19)20/h10-13,24H,2-9H2,1H3/t12-/m1/s1. The fourth-order valence-electron chi connectivity index (χ4n) is 2.76. The Balaban J connectivity index is 1.73. The van der Waals surface area contributed by atoms with Crippen molar-refractivity contribution in [3.63, 3.8) is 0 Å². The Morgan fingerprint density at radius 3 is 2.46 bits per heavy atom. The number of rotatable bonds is 7. The highest BCUT2D eigenvalue weighted by molar-refractivity contribution is 5.76. The number of nitrogens with zero attached hydrogens (tertiary/aromatic N) is 3. The summed E-state index contributed by atoms with van der Waals surface area (Å²) in [6, 6.07) is 0. The molecule has 1 aliphatic heterocycles. The third-order valence-corrected chi connectivity index (χ3v) is 4.35. The van der Waals surface area contributed by atoms with Gasteiger partial charge < -0.3 is 14.7 Å². The summed E-state index contributed by atoms with van der Waals surface area (Å²) in [6.45, 7) is 3.47. The summed E-state index contributed by atoms with van der Waals surface area (Å²) in [4.78, 5) is 21.6. The average molecular weight is 375 g/mol. The first-order chi connectivity index (χ1) is 12.3. The van der Waals surface area contributed by atoms with E-state index in [0.29, 0.717) is 51.4 Å². The van der Waals surface area contributed by atoms with E-state index in [-0.39, 0.29) is 18.2 Å². The molecule has 0 saturated carbocycles. The number of aliphatic hydroxyl groups is 1. The number of amides is 1. The van der Waals surface area contributed by atoms with Crippen LogP contribution in [0.2, 0.25) is 0 Å². The molecule has 1 fully saturated rings. The molecule has 9 heteroatoms. The normalized spacial score (nSPS) is 17.3. The van der Waals surface area contributed by atoms with Crippen LogP contribution in [-0.2, 0) is 15.7 Å². The Bertz CT molecular complexity index is 571. The van der Waals surface area contributed by atoms with Crippen molar-refractivity contribution in [1.29, 1.82) is 0 Å². The van der Waals surface area contributed by atoms with Crippen LogP contribution in [0.4, 0.5) is 13.2 Å². The number of aromatic nitrogens is 2. The van der Waals surface area contributed by atoms with Crippen molar-refractivity contribution < 1.29 is 27.8 Å². The first-order valence-corrected chi connectivity index (χ1v) is 8.70. The van der Waals surface area contributed by atoms with E-state index in [4.69, 9.17) is 9.84 Å². The summed E-state index contributed by atoms with van der Waals surface area (Å²) in [5, 5.41) is 9.12. The lowest BCUT2D eigenvalue weighted by Crippen LogP contribution is -2.38. The summed E-state index contributed by atoms with van der Waals surface area (Å²) in [5.41, 5.74) is -0.857. The van der Waals surface area contributed by atoms with Gasteiger partial charge in [0.25, 0.3) is 0 Å². The Hall–Kier alpha value is -1.74. The zero-order chi connectivity index (χ0) is 19.2. The van der Waals surface area contributed by atoms with Crippen LogP contribution in [-0.4, -0.2) is 58.3 Å². The maximum atomic E-state index is 12.5. The van der Waals surface area contributed by atoms with Crippen LogP contribution in [0.1, 0.15) is 49.9 Å². The first kappa shape index (κ1) is 20.6. The highest BCUT2D eigenvalue weighted by Crippen LogP contribution is 2.30. The number of piperidine rings is 1. The number of hydrogen-bond acceptors (Lipinski definition) is 5. The minimum atomic E-state index is -4.44. The Morgan fingerprint density at radius 1 is 1.31 bits per heavy atom. The van der Waals surface area contributed by atoms with Crippen LogP contribution < -0.4 is 0 Å². The van der Waals surface area contributed by atoms with Gasteiger partial charge in [-0.3, -0.25) is 4.79 Å². The Labute approximate surface area is 150 Å². The maximum absolute atomic E-state index is 12.5. The zero-order valence-electron chi connectivity index (χ0n) is 14.7. The van der Waals surface area contributed by atoms with Crippen molar-refractivity contribution in [3.8, 4) is 0 Å². The summed E-state index contributed by atoms with van der Waals surface area (Å²) in [5.74, 6) is 0.351. The van der Waals surface area contributed by atoms with E-state index in [1.165, 1.54) is 0 Å². The molecule has 6 nitrogen and oxygen atoms in total. The van der Waals surface area contributed by atoms with Gasteiger partial charge in [-0.05, 0) is 26.2 Å². The number of alkyl halides is 3. The molecule has 26 heavy (non-hydrogen) atoms. The molecule has 1 amide bonds. The fourth-order valence-corrected chi connectivity index (χ4v) is 2.76. The predicted octanol–water partition coefficient (Wildman–Crippen LogP) is 2.38. The van der Waals surface area contributed by atoms with Crippen molar-refractivity contribution in [2.24, 2.45) is 0 Å². The van der Waals surface area contributed by atoms with Crippen molar-refractivity contribution in [1.82, 2.24) is 14.9 Å². The SMILES string of the molecule is C[C@@H](O)CCOCCC(=O)N1CCC(c2ncc(C(F)(F)F)cn2)CC1. The van der Waals surface area contributed by atoms with Gasteiger partial charge in [-0.1, -0.05) is 0 Å². The number of aliphatic hydroxyl groups excluding tert-OH is 1. The van der Waals surface area contributed by atoms with E-state index in [1.54, 1.807) is 11.8 Å². The van der Waals surface area contributed by atoms with Gasteiger partial charge in [0.05, 0.1) is 24.7 Å². The lowest BCUT2D eigenvalue weighted by molar-refractivity contribution is -0.138. The quantitative estimate of drug-likeness (QED) is 0.741. The molecule has 1 aromatic heterocycles. The third kappa shape index (κ3) is 6.21. The second kappa shape index (κ2) is 9.27. The Morgan fingerprint density at radius 2 is 1.92 bits per heavy atom. The monoisotopic (exact) mass is 375 g/mol. The summed E-state index contributed by atoms with van der Waals surface area (Å²) < 4.78 is 42.9. The number of halogens is 3. The molecular weight excluding hydrogens is 351 g/mol. The molecule has 0 bridgehead atoms. The van der Waals surface area contributed by atoms with E-state index < -0.39 is 17.8 Å². The summed E-state index contributed by atoms with van der Waals surface area (Å²) in [7, 11) is 0. The van der Waals surface area contributed by atoms with Gasteiger partial charge in [0, 0.05) is 38.0 Å². The molecule has 0 aliphatic carbocycles. The highest BCUT2D eigenvalue weighted by Gasteiger charge is 2.32. The van der Waals surface area contributed by atoms with Crippen molar-refractivity contribution >= 4 is 5.91 Å². The number of likely N-dealkylation sites (tertiary alicyclic amines) is 1. The molecular formula is C17H24F3N3O3. The minimum absolute atomic E-state index is 0.00571. The summed E-state index contributed by atoms with van der Waals surface area (Å²) >= 11 is 0. The highest BCUT2D eigenvalue weighted by atomic mass is 19.4. The van der Waals surface area contributed by atoms with Crippen LogP contribution in [0, 0.1) is 0 Å². The van der Waals surface area contributed by atoms with Gasteiger partial charge in [0.15, 0.2) is 0 Å². The molecule has 1 aromatic rings. The van der Waals surface area contributed by atoms with Gasteiger partial charge >= 0.3 is 6.18 Å². The van der Waals surface area contributed by atoms with Crippen molar-refractivity contribution in [2.45, 2.75) is 50.8 Å². The van der Waals surface area contributed by atoms with E-state index in [2.05, 4.69) is 9.97 Å². The van der Waals surface area contributed by atoms with E-state index in [0.717, 1.165) is 12.4 Å². The molecule has 146 valence electrons. The number of ether oxygens (including phenoxy) is 1. The fraction of sp³-hybridized carbons (Fsp3) is 0.706. The van der Waals surface area contributed by atoms with E-state index in [1.807, 2.05) is 0 Å².